The Morgan fingerprint density at radius 1 is 0.867 bits per heavy atom. The molecule has 0 aliphatic carbocycles. The molecule has 0 saturated carbocycles. The maximum atomic E-state index is 10.2. The molecule has 0 saturated heterocycles. The summed E-state index contributed by atoms with van der Waals surface area (Å²) in [5.41, 5.74) is 1.19. The van der Waals surface area contributed by atoms with Gasteiger partial charge in [-0.25, -0.2) is 0 Å². The van der Waals surface area contributed by atoms with Crippen LogP contribution in [0.15, 0.2) is 30.3 Å². The van der Waals surface area contributed by atoms with Gasteiger partial charge in [-0.3, -0.25) is 0 Å². The van der Waals surface area contributed by atoms with Gasteiger partial charge >= 0.3 is 0 Å². The zero-order valence-corrected chi connectivity index (χ0v) is 19.6. The Morgan fingerprint density at radius 3 is 2.07 bits per heavy atom. The summed E-state index contributed by atoms with van der Waals surface area (Å²) in [6, 6.07) is 10.1. The summed E-state index contributed by atoms with van der Waals surface area (Å²) in [6.45, 7) is 11.1. The summed E-state index contributed by atoms with van der Waals surface area (Å²) in [4.78, 5) is 0. The van der Waals surface area contributed by atoms with E-state index in [9.17, 15) is 5.11 Å². The van der Waals surface area contributed by atoms with Crippen molar-refractivity contribution >= 4 is 0 Å². The topological polar surface area (TPSA) is 60.0 Å². The number of rotatable bonds is 19. The fraction of sp³-hybridized carbons (Fsp3) is 0.760. The highest BCUT2D eigenvalue weighted by molar-refractivity contribution is 5.18. The summed E-state index contributed by atoms with van der Waals surface area (Å²) >= 11 is 0. The highest BCUT2D eigenvalue weighted by Crippen LogP contribution is 2.18. The third-order valence-corrected chi connectivity index (χ3v) is 5.29. The molecule has 0 unspecified atom stereocenters. The van der Waals surface area contributed by atoms with Gasteiger partial charge in [0.2, 0.25) is 0 Å². The van der Waals surface area contributed by atoms with Crippen molar-refractivity contribution in [2.24, 2.45) is 0 Å². The molecule has 0 heterocycles. The lowest BCUT2D eigenvalue weighted by Crippen LogP contribution is -2.53. The number of ether oxygens (including phenoxy) is 3. The van der Waals surface area contributed by atoms with Gasteiger partial charge in [0.25, 0.3) is 0 Å². The number of aliphatic hydroxyl groups excluding tert-OH is 1. The second kappa shape index (κ2) is 17.7. The molecule has 0 aliphatic rings. The lowest BCUT2D eigenvalue weighted by Gasteiger charge is -2.35. The van der Waals surface area contributed by atoms with Crippen molar-refractivity contribution in [3.8, 4) is 0 Å². The van der Waals surface area contributed by atoms with Crippen LogP contribution in [0.25, 0.3) is 0 Å². The molecule has 0 amide bonds. The highest BCUT2D eigenvalue weighted by Gasteiger charge is 2.32. The van der Waals surface area contributed by atoms with E-state index in [0.29, 0.717) is 19.8 Å². The second-order valence-electron chi connectivity index (χ2n) is 7.97. The zero-order valence-electron chi connectivity index (χ0n) is 19.6. The Balaban J connectivity index is 2.90. The predicted octanol–water partition coefficient (Wildman–Crippen LogP) is 4.89. The largest absolute Gasteiger partial charge is 0.395 e. The van der Waals surface area contributed by atoms with Gasteiger partial charge in [-0.05, 0) is 31.7 Å². The third-order valence-electron chi connectivity index (χ3n) is 5.29. The lowest BCUT2D eigenvalue weighted by molar-refractivity contribution is -0.122. The number of aliphatic hydroxyl groups is 1. The molecule has 0 spiro atoms. The van der Waals surface area contributed by atoms with Crippen LogP contribution in [0, 0.1) is 0 Å². The highest BCUT2D eigenvalue weighted by atomic mass is 16.6. The Kier molecular flexibility index (Phi) is 15.9. The zero-order chi connectivity index (χ0) is 22.0. The van der Waals surface area contributed by atoms with Crippen LogP contribution in [-0.4, -0.2) is 56.4 Å². The van der Waals surface area contributed by atoms with Crippen molar-refractivity contribution in [3.63, 3.8) is 0 Å². The van der Waals surface area contributed by atoms with Crippen LogP contribution in [-0.2, 0) is 14.2 Å². The van der Waals surface area contributed by atoms with Gasteiger partial charge in [0.05, 0.1) is 19.3 Å². The summed E-state index contributed by atoms with van der Waals surface area (Å²) < 4.78 is 18.4. The molecule has 1 aromatic rings. The van der Waals surface area contributed by atoms with Crippen LogP contribution in [0.1, 0.15) is 77.8 Å². The molecule has 4 atom stereocenters. The van der Waals surface area contributed by atoms with Crippen LogP contribution < -0.4 is 5.32 Å². The SMILES string of the molecule is CCCCOC[C@H](OCCCC)[C@@H](OCCCC)[C@@H](CO)N[C@H](C)c1ccccc1. The normalized spacial score (nSPS) is 15.6. The Bertz CT molecular complexity index is 499. The van der Waals surface area contributed by atoms with Crippen LogP contribution >= 0.6 is 0 Å². The molecule has 1 rings (SSSR count). The first-order valence-electron chi connectivity index (χ1n) is 11.9. The Labute approximate surface area is 184 Å². The van der Waals surface area contributed by atoms with E-state index in [4.69, 9.17) is 14.2 Å². The van der Waals surface area contributed by atoms with Crippen molar-refractivity contribution in [2.45, 2.75) is 90.5 Å². The van der Waals surface area contributed by atoms with Gasteiger partial charge in [0.15, 0.2) is 0 Å². The first kappa shape index (κ1) is 27.1. The predicted molar refractivity (Wildman–Crippen MR) is 124 cm³/mol. The minimum absolute atomic E-state index is 0.0173. The van der Waals surface area contributed by atoms with Gasteiger partial charge in [0.1, 0.15) is 12.2 Å². The maximum Gasteiger partial charge on any atom is 0.109 e. The molecule has 2 N–H and O–H groups in total. The summed E-state index contributed by atoms with van der Waals surface area (Å²) in [7, 11) is 0. The maximum absolute atomic E-state index is 10.2. The average Bonchev–Trinajstić information content (AvgIpc) is 2.78. The van der Waals surface area contributed by atoms with E-state index >= 15 is 0 Å². The van der Waals surface area contributed by atoms with Crippen LogP contribution in [0.4, 0.5) is 0 Å². The molecule has 0 radical (unpaired) electrons. The molecule has 5 nitrogen and oxygen atoms in total. The molecule has 0 aromatic heterocycles. The van der Waals surface area contributed by atoms with Crippen molar-refractivity contribution in [3.05, 3.63) is 35.9 Å². The van der Waals surface area contributed by atoms with Gasteiger partial charge in [-0.1, -0.05) is 70.4 Å². The van der Waals surface area contributed by atoms with Crippen molar-refractivity contribution < 1.29 is 19.3 Å². The molecule has 174 valence electrons. The van der Waals surface area contributed by atoms with E-state index in [0.717, 1.165) is 45.1 Å². The number of nitrogens with one attached hydrogen (secondary N) is 1. The van der Waals surface area contributed by atoms with E-state index in [1.807, 2.05) is 18.2 Å². The third kappa shape index (κ3) is 10.9. The molecule has 30 heavy (non-hydrogen) atoms. The lowest BCUT2D eigenvalue weighted by atomic mass is 10.0. The van der Waals surface area contributed by atoms with Crippen LogP contribution in [0.2, 0.25) is 0 Å². The Hall–Kier alpha value is -0.980. The van der Waals surface area contributed by atoms with Gasteiger partial charge in [-0.2, -0.15) is 0 Å². The minimum Gasteiger partial charge on any atom is -0.395 e. The van der Waals surface area contributed by atoms with Crippen LogP contribution in [0.3, 0.4) is 0 Å². The van der Waals surface area contributed by atoms with Gasteiger partial charge in [-0.15, -0.1) is 0 Å². The first-order chi connectivity index (χ1) is 14.7. The number of unbranched alkanes of at least 4 members (excludes halogenated alkanes) is 3. The standard InChI is InChI=1S/C25H45NO4/c1-5-8-16-28-20-24(29-17-9-6-2)25(30-18-10-7-3)23(19-27)26-21(4)22-14-12-11-13-15-22/h11-15,21,23-27H,5-10,16-20H2,1-4H3/t21-,23-,24+,25+/m1/s1. The van der Waals surface area contributed by atoms with E-state index in [1.165, 1.54) is 5.56 Å². The van der Waals surface area contributed by atoms with Gasteiger partial charge < -0.3 is 24.6 Å². The van der Waals surface area contributed by atoms with E-state index in [2.05, 4.69) is 45.1 Å². The Morgan fingerprint density at radius 2 is 1.47 bits per heavy atom. The monoisotopic (exact) mass is 423 g/mol. The molecule has 0 fully saturated rings. The molecular weight excluding hydrogens is 378 g/mol. The summed E-state index contributed by atoms with van der Waals surface area (Å²) in [5.74, 6) is 0. The van der Waals surface area contributed by atoms with Crippen molar-refractivity contribution in [2.75, 3.05) is 33.0 Å². The van der Waals surface area contributed by atoms with Gasteiger partial charge in [0, 0.05) is 25.9 Å². The molecule has 1 aromatic carbocycles. The van der Waals surface area contributed by atoms with Crippen molar-refractivity contribution in [1.82, 2.24) is 5.32 Å². The smallest absolute Gasteiger partial charge is 0.109 e. The quantitative estimate of drug-likeness (QED) is 0.310. The van der Waals surface area contributed by atoms with E-state index in [1.54, 1.807) is 0 Å². The second-order valence-corrected chi connectivity index (χ2v) is 7.97. The summed E-state index contributed by atoms with van der Waals surface area (Å²) in [5, 5.41) is 13.8. The molecule has 5 heteroatoms. The summed E-state index contributed by atoms with van der Waals surface area (Å²) in [6.07, 6.45) is 5.80. The number of hydrogen-bond donors (Lipinski definition) is 2. The van der Waals surface area contributed by atoms with E-state index < -0.39 is 0 Å². The average molecular weight is 424 g/mol. The number of benzene rings is 1. The fourth-order valence-corrected chi connectivity index (χ4v) is 3.32. The molecular formula is C25H45NO4. The molecule has 0 aliphatic heterocycles. The number of hydrogen-bond acceptors (Lipinski definition) is 5. The molecule has 0 bridgehead atoms. The minimum atomic E-state index is -0.272. The van der Waals surface area contributed by atoms with Crippen LogP contribution in [0.5, 0.6) is 0 Å². The fourth-order valence-electron chi connectivity index (χ4n) is 3.32. The first-order valence-corrected chi connectivity index (χ1v) is 11.9. The van der Waals surface area contributed by atoms with Crippen molar-refractivity contribution in [1.29, 1.82) is 0 Å². The van der Waals surface area contributed by atoms with E-state index in [-0.39, 0.29) is 30.9 Å².